The third kappa shape index (κ3) is 2.60. The lowest BCUT2D eigenvalue weighted by Crippen LogP contribution is -1.91. The van der Waals surface area contributed by atoms with E-state index in [0.717, 1.165) is 17.0 Å². The topological polar surface area (TPSA) is 76.2 Å². The van der Waals surface area contributed by atoms with E-state index in [9.17, 15) is 4.79 Å². The van der Waals surface area contributed by atoms with Crippen LogP contribution in [0.5, 0.6) is 0 Å². The first kappa shape index (κ1) is 12.6. The summed E-state index contributed by atoms with van der Waals surface area (Å²) in [6.07, 6.45) is 5.43. The van der Waals surface area contributed by atoms with E-state index >= 15 is 0 Å². The third-order valence-corrected chi connectivity index (χ3v) is 3.60. The number of furan rings is 1. The van der Waals surface area contributed by atoms with Gasteiger partial charge in [-0.3, -0.25) is 4.98 Å². The monoisotopic (exact) mass is 286 g/mol. The van der Waals surface area contributed by atoms with E-state index in [4.69, 9.17) is 9.52 Å². The molecule has 20 heavy (non-hydrogen) atoms. The Hall–Kier alpha value is -2.47. The van der Waals surface area contributed by atoms with Gasteiger partial charge in [-0.15, -0.1) is 11.3 Å². The van der Waals surface area contributed by atoms with Crippen LogP contribution in [0, 0.1) is 0 Å². The van der Waals surface area contributed by atoms with Crippen molar-refractivity contribution in [3.8, 4) is 11.5 Å². The molecule has 0 saturated heterocycles. The van der Waals surface area contributed by atoms with Gasteiger partial charge in [0.05, 0.1) is 10.6 Å². The van der Waals surface area contributed by atoms with E-state index in [0.29, 0.717) is 11.5 Å². The number of rotatable bonds is 4. The molecule has 0 bridgehead atoms. The SMILES string of the molecule is O=C(O)c1coc(-c2csc(Cc3ccncc3)n2)c1. The summed E-state index contributed by atoms with van der Waals surface area (Å²) in [6.45, 7) is 0. The van der Waals surface area contributed by atoms with Crippen LogP contribution in [0.15, 0.2) is 46.7 Å². The van der Waals surface area contributed by atoms with Crippen molar-refractivity contribution in [2.75, 3.05) is 0 Å². The molecule has 0 radical (unpaired) electrons. The van der Waals surface area contributed by atoms with Crippen LogP contribution in [0.1, 0.15) is 20.9 Å². The second-order valence-corrected chi connectivity index (χ2v) is 5.11. The van der Waals surface area contributed by atoms with Crippen molar-refractivity contribution in [1.82, 2.24) is 9.97 Å². The smallest absolute Gasteiger partial charge is 0.338 e. The number of nitrogens with zero attached hydrogens (tertiary/aromatic N) is 2. The zero-order valence-electron chi connectivity index (χ0n) is 10.3. The van der Waals surface area contributed by atoms with Crippen LogP contribution in [-0.4, -0.2) is 21.0 Å². The molecule has 3 heterocycles. The van der Waals surface area contributed by atoms with E-state index in [1.807, 2.05) is 17.5 Å². The van der Waals surface area contributed by atoms with Crippen molar-refractivity contribution in [1.29, 1.82) is 0 Å². The average molecular weight is 286 g/mol. The molecule has 0 unspecified atom stereocenters. The minimum absolute atomic E-state index is 0.128. The molecule has 3 rings (SSSR count). The van der Waals surface area contributed by atoms with Crippen molar-refractivity contribution in [2.24, 2.45) is 0 Å². The summed E-state index contributed by atoms with van der Waals surface area (Å²) < 4.78 is 5.23. The van der Waals surface area contributed by atoms with E-state index < -0.39 is 5.97 Å². The molecule has 0 aliphatic carbocycles. The number of carboxylic acids is 1. The summed E-state index contributed by atoms with van der Waals surface area (Å²) in [6, 6.07) is 5.36. The van der Waals surface area contributed by atoms with Crippen LogP contribution < -0.4 is 0 Å². The Balaban J connectivity index is 1.81. The molecule has 3 aromatic heterocycles. The van der Waals surface area contributed by atoms with E-state index in [1.165, 1.54) is 23.7 Å². The van der Waals surface area contributed by atoms with Crippen LogP contribution in [-0.2, 0) is 6.42 Å². The fraction of sp³-hybridized carbons (Fsp3) is 0.0714. The molecule has 3 aromatic rings. The van der Waals surface area contributed by atoms with Crippen molar-refractivity contribution in [2.45, 2.75) is 6.42 Å². The number of carbonyl (C=O) groups is 1. The van der Waals surface area contributed by atoms with Gasteiger partial charge in [0, 0.05) is 30.3 Å². The zero-order valence-corrected chi connectivity index (χ0v) is 11.1. The van der Waals surface area contributed by atoms with Crippen LogP contribution in [0.2, 0.25) is 0 Å². The Kier molecular flexibility index (Phi) is 3.30. The van der Waals surface area contributed by atoms with E-state index in [-0.39, 0.29) is 5.56 Å². The first-order chi connectivity index (χ1) is 9.72. The molecule has 0 amide bonds. The van der Waals surface area contributed by atoms with Crippen molar-refractivity contribution in [3.05, 3.63) is 58.4 Å². The lowest BCUT2D eigenvalue weighted by molar-refractivity contribution is 0.0696. The minimum atomic E-state index is -1.01. The highest BCUT2D eigenvalue weighted by molar-refractivity contribution is 7.10. The Bertz CT molecular complexity index is 734. The Labute approximate surface area is 118 Å². The number of hydrogen-bond acceptors (Lipinski definition) is 5. The number of hydrogen-bond donors (Lipinski definition) is 1. The standard InChI is InChI=1S/C14H10N2O3S/c17-14(18)10-6-12(19-7-10)11-8-20-13(16-11)5-9-1-3-15-4-2-9/h1-4,6-8H,5H2,(H,17,18). The lowest BCUT2D eigenvalue weighted by Gasteiger charge is -1.95. The van der Waals surface area contributed by atoms with Gasteiger partial charge in [-0.25, -0.2) is 9.78 Å². The number of pyridine rings is 1. The molecular formula is C14H10N2O3S. The summed E-state index contributed by atoms with van der Waals surface area (Å²) >= 11 is 1.52. The van der Waals surface area contributed by atoms with Gasteiger partial charge in [-0.05, 0) is 17.7 Å². The van der Waals surface area contributed by atoms with Gasteiger partial charge < -0.3 is 9.52 Å². The maximum absolute atomic E-state index is 10.8. The molecule has 0 saturated carbocycles. The van der Waals surface area contributed by atoms with Gasteiger partial charge in [0.25, 0.3) is 0 Å². The highest BCUT2D eigenvalue weighted by Gasteiger charge is 2.12. The fourth-order valence-electron chi connectivity index (χ4n) is 1.76. The van der Waals surface area contributed by atoms with Gasteiger partial charge in [0.1, 0.15) is 12.0 Å². The quantitative estimate of drug-likeness (QED) is 0.797. The van der Waals surface area contributed by atoms with Crippen LogP contribution in [0.3, 0.4) is 0 Å². The maximum atomic E-state index is 10.8. The third-order valence-electron chi connectivity index (χ3n) is 2.76. The number of thiazole rings is 1. The number of aromatic nitrogens is 2. The predicted octanol–water partition coefficient (Wildman–Crippen LogP) is 3.09. The van der Waals surface area contributed by atoms with Crippen LogP contribution in [0.25, 0.3) is 11.5 Å². The van der Waals surface area contributed by atoms with Gasteiger partial charge >= 0.3 is 5.97 Å². The summed E-state index contributed by atoms with van der Waals surface area (Å²) in [5.74, 6) is -0.535. The predicted molar refractivity (Wildman–Crippen MR) is 73.8 cm³/mol. The normalized spacial score (nSPS) is 10.6. The highest BCUT2D eigenvalue weighted by Crippen LogP contribution is 2.25. The van der Waals surface area contributed by atoms with E-state index in [2.05, 4.69) is 9.97 Å². The summed E-state index contributed by atoms with van der Waals surface area (Å²) in [5.41, 5.74) is 1.92. The molecular weight excluding hydrogens is 276 g/mol. The minimum Gasteiger partial charge on any atom is -0.478 e. The first-order valence-corrected chi connectivity index (χ1v) is 6.76. The zero-order chi connectivity index (χ0) is 13.9. The van der Waals surface area contributed by atoms with Crippen LogP contribution in [0.4, 0.5) is 0 Å². The van der Waals surface area contributed by atoms with Gasteiger partial charge in [-0.1, -0.05) is 0 Å². The highest BCUT2D eigenvalue weighted by atomic mass is 32.1. The van der Waals surface area contributed by atoms with Crippen molar-refractivity contribution >= 4 is 17.3 Å². The lowest BCUT2D eigenvalue weighted by atomic mass is 10.2. The molecule has 0 fully saturated rings. The second kappa shape index (κ2) is 5.26. The van der Waals surface area contributed by atoms with E-state index in [1.54, 1.807) is 12.4 Å². The first-order valence-electron chi connectivity index (χ1n) is 5.88. The Morgan fingerprint density at radius 2 is 2.15 bits per heavy atom. The Morgan fingerprint density at radius 3 is 2.85 bits per heavy atom. The van der Waals surface area contributed by atoms with Gasteiger partial charge in [-0.2, -0.15) is 0 Å². The summed E-state index contributed by atoms with van der Waals surface area (Å²) in [4.78, 5) is 19.2. The molecule has 6 heteroatoms. The molecule has 0 aromatic carbocycles. The maximum Gasteiger partial charge on any atom is 0.338 e. The molecule has 1 N–H and O–H groups in total. The fourth-order valence-corrected chi connectivity index (χ4v) is 2.58. The molecule has 0 aliphatic rings. The summed E-state index contributed by atoms with van der Waals surface area (Å²) in [5, 5.41) is 11.7. The second-order valence-electron chi connectivity index (χ2n) is 4.16. The van der Waals surface area contributed by atoms with Gasteiger partial charge in [0.15, 0.2) is 5.76 Å². The average Bonchev–Trinajstić information content (AvgIpc) is 3.08. The molecule has 5 nitrogen and oxygen atoms in total. The molecule has 0 spiro atoms. The molecule has 0 aliphatic heterocycles. The molecule has 100 valence electrons. The molecule has 0 atom stereocenters. The number of carboxylic acid groups (broad SMARTS) is 1. The Morgan fingerprint density at radius 1 is 1.35 bits per heavy atom. The van der Waals surface area contributed by atoms with Crippen molar-refractivity contribution < 1.29 is 14.3 Å². The van der Waals surface area contributed by atoms with Crippen LogP contribution >= 0.6 is 11.3 Å². The number of aromatic carboxylic acids is 1. The van der Waals surface area contributed by atoms with Crippen molar-refractivity contribution in [3.63, 3.8) is 0 Å². The largest absolute Gasteiger partial charge is 0.478 e. The summed E-state index contributed by atoms with van der Waals surface area (Å²) in [7, 11) is 0. The van der Waals surface area contributed by atoms with Gasteiger partial charge in [0.2, 0.25) is 0 Å².